The predicted molar refractivity (Wildman–Crippen MR) is 171 cm³/mol. The van der Waals surface area contributed by atoms with E-state index >= 15 is 4.39 Å². The zero-order valence-corrected chi connectivity index (χ0v) is 25.5. The number of hydrogen-bond acceptors (Lipinski definition) is 5. The van der Waals surface area contributed by atoms with E-state index in [1.807, 2.05) is 61.5 Å². The summed E-state index contributed by atoms with van der Waals surface area (Å²) in [6.07, 6.45) is 4.29. The molecule has 0 saturated heterocycles. The molecular weight excluding hydrogens is 539 g/mol. The van der Waals surface area contributed by atoms with Gasteiger partial charge in [-0.25, -0.2) is 4.39 Å². The second-order valence-corrected chi connectivity index (χ2v) is 11.3. The Morgan fingerprint density at radius 3 is 2.02 bits per heavy atom. The van der Waals surface area contributed by atoms with Crippen molar-refractivity contribution in [2.75, 3.05) is 27.4 Å². The number of ether oxygens (including phenoxy) is 3. The first kappa shape index (κ1) is 30.3. The fourth-order valence-electron chi connectivity index (χ4n) is 5.93. The SMILES string of the molecule is CCCCCc1ccc(F)c([C@]2(C)COCC(NC(c3ccccc3)(c3ccc(OC)cc3)c3ccc(OC)cc3)=N2)c1. The highest BCUT2D eigenvalue weighted by Crippen LogP contribution is 2.39. The van der Waals surface area contributed by atoms with Gasteiger partial charge < -0.3 is 19.5 Å². The standard InChI is InChI=1S/C37H41FN2O3/c1-5-6-8-11-27-14-23-34(38)33(24-27)36(2)26-43-25-35(39-36)40-37(28-12-9-7-10-13-28,29-15-19-31(41-3)20-16-29)30-17-21-32(42-4)22-18-30/h7,9-10,12-24H,5-6,8,11,25-26H2,1-4H3,(H,39,40)/t36-/m0/s1. The molecule has 1 aliphatic rings. The van der Waals surface area contributed by atoms with Crippen molar-refractivity contribution >= 4 is 5.84 Å². The van der Waals surface area contributed by atoms with Crippen LogP contribution in [-0.4, -0.2) is 33.3 Å². The van der Waals surface area contributed by atoms with Gasteiger partial charge in [-0.2, -0.15) is 0 Å². The average molecular weight is 581 g/mol. The summed E-state index contributed by atoms with van der Waals surface area (Å²) in [7, 11) is 3.32. The van der Waals surface area contributed by atoms with Crippen molar-refractivity contribution in [3.8, 4) is 11.5 Å². The molecule has 224 valence electrons. The molecule has 43 heavy (non-hydrogen) atoms. The Labute approximate surface area is 254 Å². The summed E-state index contributed by atoms with van der Waals surface area (Å²) in [5, 5.41) is 3.82. The number of methoxy groups -OCH3 is 2. The van der Waals surface area contributed by atoms with Gasteiger partial charge in [-0.3, -0.25) is 4.99 Å². The molecule has 4 aromatic rings. The highest BCUT2D eigenvalue weighted by atomic mass is 19.1. The number of unbranched alkanes of at least 4 members (excludes halogenated alkanes) is 2. The number of halogens is 1. The van der Waals surface area contributed by atoms with Gasteiger partial charge in [-0.05, 0) is 72.4 Å². The molecule has 1 aliphatic heterocycles. The summed E-state index contributed by atoms with van der Waals surface area (Å²) in [6, 6.07) is 31.8. The number of hydrogen-bond donors (Lipinski definition) is 1. The van der Waals surface area contributed by atoms with Gasteiger partial charge in [0, 0.05) is 5.56 Å². The van der Waals surface area contributed by atoms with Crippen molar-refractivity contribution in [2.45, 2.75) is 50.6 Å². The molecule has 1 heterocycles. The number of nitrogens with one attached hydrogen (secondary N) is 1. The molecule has 1 N–H and O–H groups in total. The van der Waals surface area contributed by atoms with Crippen LogP contribution in [0, 0.1) is 5.82 Å². The summed E-state index contributed by atoms with van der Waals surface area (Å²) in [5.41, 5.74) is 2.93. The molecular formula is C37H41FN2O3. The van der Waals surface area contributed by atoms with Crippen LogP contribution in [0.1, 0.15) is 60.9 Å². The maximum absolute atomic E-state index is 15.4. The van der Waals surface area contributed by atoms with E-state index in [0.29, 0.717) is 11.4 Å². The second kappa shape index (κ2) is 13.4. The third-order valence-corrected chi connectivity index (χ3v) is 8.27. The lowest BCUT2D eigenvalue weighted by molar-refractivity contribution is 0.101. The number of rotatable bonds is 11. The van der Waals surface area contributed by atoms with Crippen molar-refractivity contribution < 1.29 is 18.6 Å². The number of aliphatic imine (C=N–C) groups is 1. The van der Waals surface area contributed by atoms with E-state index in [2.05, 4.69) is 48.6 Å². The molecule has 0 amide bonds. The Hall–Kier alpha value is -4.16. The largest absolute Gasteiger partial charge is 0.497 e. The molecule has 1 atom stereocenters. The highest BCUT2D eigenvalue weighted by Gasteiger charge is 2.40. The van der Waals surface area contributed by atoms with Crippen LogP contribution in [0.3, 0.4) is 0 Å². The molecule has 0 radical (unpaired) electrons. The Balaban J connectivity index is 1.64. The van der Waals surface area contributed by atoms with E-state index in [9.17, 15) is 0 Å². The quantitative estimate of drug-likeness (QED) is 0.145. The topological polar surface area (TPSA) is 52.1 Å². The van der Waals surface area contributed by atoms with Crippen LogP contribution in [0.15, 0.2) is 102 Å². The first-order valence-electron chi connectivity index (χ1n) is 15.0. The molecule has 0 aliphatic carbocycles. The summed E-state index contributed by atoms with van der Waals surface area (Å²) in [5.74, 6) is 1.90. The van der Waals surface area contributed by atoms with Gasteiger partial charge in [0.05, 0.1) is 20.8 Å². The fourth-order valence-corrected chi connectivity index (χ4v) is 5.93. The Bertz CT molecular complexity index is 1470. The normalized spacial score (nSPS) is 16.8. The third kappa shape index (κ3) is 6.45. The molecule has 0 saturated carbocycles. The van der Waals surface area contributed by atoms with Gasteiger partial charge in [0.15, 0.2) is 0 Å². The number of nitrogens with zero attached hydrogens (tertiary/aromatic N) is 1. The van der Waals surface area contributed by atoms with E-state index in [0.717, 1.165) is 59.4 Å². The monoisotopic (exact) mass is 580 g/mol. The van der Waals surface area contributed by atoms with Crippen molar-refractivity contribution in [2.24, 2.45) is 4.99 Å². The molecule has 5 nitrogen and oxygen atoms in total. The minimum atomic E-state index is -0.895. The molecule has 6 heteroatoms. The van der Waals surface area contributed by atoms with Gasteiger partial charge in [-0.1, -0.05) is 86.5 Å². The average Bonchev–Trinajstić information content (AvgIpc) is 3.05. The molecule has 4 aromatic carbocycles. The van der Waals surface area contributed by atoms with Crippen molar-refractivity contribution in [3.05, 3.63) is 131 Å². The summed E-state index contributed by atoms with van der Waals surface area (Å²) >= 11 is 0. The number of aryl methyl sites for hydroxylation is 1. The van der Waals surface area contributed by atoms with Crippen LogP contribution in [-0.2, 0) is 22.2 Å². The summed E-state index contributed by atoms with van der Waals surface area (Å²) in [4.78, 5) is 5.20. The van der Waals surface area contributed by atoms with Gasteiger partial charge in [0.1, 0.15) is 40.8 Å². The van der Waals surface area contributed by atoms with Crippen LogP contribution >= 0.6 is 0 Å². The Morgan fingerprint density at radius 2 is 1.44 bits per heavy atom. The molecule has 0 fully saturated rings. The van der Waals surface area contributed by atoms with Gasteiger partial charge in [0.2, 0.25) is 0 Å². The number of benzene rings is 4. The van der Waals surface area contributed by atoms with E-state index < -0.39 is 11.1 Å². The molecule has 0 bridgehead atoms. The lowest BCUT2D eigenvalue weighted by atomic mass is 9.76. The first-order chi connectivity index (χ1) is 20.9. The third-order valence-electron chi connectivity index (χ3n) is 8.27. The van der Waals surface area contributed by atoms with E-state index in [1.54, 1.807) is 20.3 Å². The van der Waals surface area contributed by atoms with Gasteiger partial charge >= 0.3 is 0 Å². The van der Waals surface area contributed by atoms with E-state index in [1.165, 1.54) is 0 Å². The molecule has 0 unspecified atom stereocenters. The summed E-state index contributed by atoms with van der Waals surface area (Å²) in [6.45, 7) is 4.70. The van der Waals surface area contributed by atoms with Crippen LogP contribution in [0.4, 0.5) is 4.39 Å². The maximum Gasteiger partial charge on any atom is 0.128 e. The molecule has 5 rings (SSSR count). The van der Waals surface area contributed by atoms with Crippen molar-refractivity contribution in [3.63, 3.8) is 0 Å². The second-order valence-electron chi connectivity index (χ2n) is 11.3. The van der Waals surface area contributed by atoms with E-state index in [4.69, 9.17) is 19.2 Å². The van der Waals surface area contributed by atoms with Gasteiger partial charge in [0.25, 0.3) is 0 Å². The Kier molecular flexibility index (Phi) is 9.46. The Morgan fingerprint density at radius 1 is 0.837 bits per heavy atom. The van der Waals surface area contributed by atoms with Crippen LogP contribution in [0.2, 0.25) is 0 Å². The van der Waals surface area contributed by atoms with Gasteiger partial charge in [-0.15, -0.1) is 0 Å². The first-order valence-corrected chi connectivity index (χ1v) is 15.0. The van der Waals surface area contributed by atoms with Crippen molar-refractivity contribution in [1.82, 2.24) is 5.32 Å². The zero-order valence-electron chi connectivity index (χ0n) is 25.5. The highest BCUT2D eigenvalue weighted by molar-refractivity contribution is 5.87. The van der Waals surface area contributed by atoms with Crippen LogP contribution in [0.5, 0.6) is 11.5 Å². The lowest BCUT2D eigenvalue weighted by Crippen LogP contribution is -2.51. The molecule has 0 spiro atoms. The minimum absolute atomic E-state index is 0.269. The maximum atomic E-state index is 15.4. The zero-order chi connectivity index (χ0) is 30.3. The smallest absolute Gasteiger partial charge is 0.128 e. The predicted octanol–water partition coefficient (Wildman–Crippen LogP) is 7.80. The minimum Gasteiger partial charge on any atom is -0.497 e. The number of amidine groups is 1. The fraction of sp³-hybridized carbons (Fsp3) is 0.324. The van der Waals surface area contributed by atoms with Crippen LogP contribution < -0.4 is 14.8 Å². The molecule has 0 aromatic heterocycles. The van der Waals surface area contributed by atoms with Crippen LogP contribution in [0.25, 0.3) is 0 Å². The summed E-state index contributed by atoms with van der Waals surface area (Å²) < 4.78 is 32.6. The van der Waals surface area contributed by atoms with E-state index in [-0.39, 0.29) is 19.0 Å². The lowest BCUT2D eigenvalue weighted by Gasteiger charge is -2.40. The van der Waals surface area contributed by atoms with Crippen molar-refractivity contribution in [1.29, 1.82) is 0 Å².